The van der Waals surface area contributed by atoms with E-state index in [2.05, 4.69) is 35.9 Å². The number of rotatable bonds is 8. The van der Waals surface area contributed by atoms with Crippen molar-refractivity contribution < 1.29 is 13.2 Å². The normalized spacial score (nSPS) is 13.2. The molecule has 0 bridgehead atoms. The Hall–Kier alpha value is -3.57. The highest BCUT2D eigenvalue weighted by molar-refractivity contribution is 7.89. The van der Waals surface area contributed by atoms with Crippen molar-refractivity contribution >= 4 is 38.9 Å². The maximum Gasteiger partial charge on any atom is 0.240 e. The van der Waals surface area contributed by atoms with Gasteiger partial charge in [0, 0.05) is 43.3 Å². The van der Waals surface area contributed by atoms with E-state index in [1.807, 2.05) is 12.1 Å². The molecule has 11 heteroatoms. The predicted molar refractivity (Wildman–Crippen MR) is 117 cm³/mol. The molecule has 0 radical (unpaired) electrons. The van der Waals surface area contributed by atoms with Crippen molar-refractivity contribution in [2.75, 3.05) is 29.0 Å². The van der Waals surface area contributed by atoms with Crippen LogP contribution in [0.15, 0.2) is 59.8 Å². The molecule has 31 heavy (non-hydrogen) atoms. The van der Waals surface area contributed by atoms with Gasteiger partial charge in [-0.15, -0.1) is 10.2 Å². The number of aromatic nitrogens is 3. The molecule has 0 saturated carbocycles. The number of amides is 1. The number of pyridine rings is 1. The number of nitrogens with zero attached hydrogens (tertiary/aromatic N) is 3. The molecular weight excluding hydrogens is 418 g/mol. The number of carbonyl (C=O) groups excluding carboxylic acids is 1. The average molecular weight is 440 g/mol. The van der Waals surface area contributed by atoms with E-state index >= 15 is 0 Å². The van der Waals surface area contributed by atoms with Crippen LogP contribution in [0.3, 0.4) is 0 Å². The van der Waals surface area contributed by atoms with Crippen molar-refractivity contribution in [3.8, 4) is 0 Å². The molecule has 1 amide bonds. The van der Waals surface area contributed by atoms with Crippen LogP contribution in [0.2, 0.25) is 0 Å². The molecule has 0 fully saturated rings. The second-order valence-corrected chi connectivity index (χ2v) is 8.62. The largest absolute Gasteiger partial charge is 0.367 e. The van der Waals surface area contributed by atoms with Crippen molar-refractivity contribution in [2.45, 2.75) is 17.7 Å². The van der Waals surface area contributed by atoms with E-state index in [0.29, 0.717) is 36.7 Å². The Labute approximate surface area is 179 Å². The van der Waals surface area contributed by atoms with Gasteiger partial charge in [0.25, 0.3) is 0 Å². The Morgan fingerprint density at radius 1 is 0.935 bits per heavy atom. The fourth-order valence-electron chi connectivity index (χ4n) is 3.06. The number of aryl methyl sites for hydroxylation is 1. The van der Waals surface area contributed by atoms with Gasteiger partial charge in [-0.3, -0.25) is 9.78 Å². The molecule has 4 rings (SSSR count). The van der Waals surface area contributed by atoms with Crippen LogP contribution in [0.25, 0.3) is 0 Å². The average Bonchev–Trinajstić information content (AvgIpc) is 2.78. The lowest BCUT2D eigenvalue weighted by Gasteiger charge is -2.17. The number of fused-ring (bicyclic) bond motifs is 1. The predicted octanol–water partition coefficient (Wildman–Crippen LogP) is 1.89. The topological polar surface area (TPSA) is 138 Å². The molecule has 160 valence electrons. The maximum atomic E-state index is 12.5. The number of hydrogen-bond acceptors (Lipinski definition) is 8. The van der Waals surface area contributed by atoms with Crippen LogP contribution in [0, 0.1) is 0 Å². The Morgan fingerprint density at radius 3 is 2.48 bits per heavy atom. The molecule has 0 saturated heterocycles. The SMILES string of the molecule is O=C1CCc2cc(S(=O)(=O)NCCNc3ccc(Nc4ccncc4)nn3)ccc2N1. The summed E-state index contributed by atoms with van der Waals surface area (Å²) in [5.74, 6) is 1.06. The number of nitrogens with one attached hydrogen (secondary N) is 4. The van der Waals surface area contributed by atoms with E-state index in [1.165, 1.54) is 6.07 Å². The summed E-state index contributed by atoms with van der Waals surface area (Å²) in [5.41, 5.74) is 2.33. The number of benzene rings is 1. The molecule has 0 aliphatic carbocycles. The van der Waals surface area contributed by atoms with Crippen LogP contribution in [0.4, 0.5) is 23.0 Å². The lowest BCUT2D eigenvalue weighted by atomic mass is 10.0. The highest BCUT2D eigenvalue weighted by Gasteiger charge is 2.19. The van der Waals surface area contributed by atoms with Crippen molar-refractivity contribution in [1.82, 2.24) is 19.9 Å². The Balaban J connectivity index is 1.28. The van der Waals surface area contributed by atoms with E-state index in [0.717, 1.165) is 11.3 Å². The second kappa shape index (κ2) is 9.06. The third-order valence-corrected chi connectivity index (χ3v) is 6.08. The van der Waals surface area contributed by atoms with Crippen molar-refractivity contribution in [3.05, 3.63) is 60.4 Å². The maximum absolute atomic E-state index is 12.5. The van der Waals surface area contributed by atoms with Gasteiger partial charge in [0.1, 0.15) is 5.82 Å². The highest BCUT2D eigenvalue weighted by atomic mass is 32.2. The summed E-state index contributed by atoms with van der Waals surface area (Å²) in [6, 6.07) is 11.9. The first kappa shape index (κ1) is 20.7. The second-order valence-electron chi connectivity index (χ2n) is 6.86. The first-order valence-corrected chi connectivity index (χ1v) is 11.1. The van der Waals surface area contributed by atoms with Crippen LogP contribution < -0.4 is 20.7 Å². The number of sulfonamides is 1. The van der Waals surface area contributed by atoms with Gasteiger partial charge in [-0.05, 0) is 54.4 Å². The number of carbonyl (C=O) groups is 1. The van der Waals surface area contributed by atoms with Gasteiger partial charge >= 0.3 is 0 Å². The fourth-order valence-corrected chi connectivity index (χ4v) is 4.14. The van der Waals surface area contributed by atoms with Gasteiger partial charge in [0.2, 0.25) is 15.9 Å². The van der Waals surface area contributed by atoms with Crippen molar-refractivity contribution in [1.29, 1.82) is 0 Å². The zero-order valence-electron chi connectivity index (χ0n) is 16.5. The van der Waals surface area contributed by atoms with Gasteiger partial charge in [-0.25, -0.2) is 13.1 Å². The summed E-state index contributed by atoms with van der Waals surface area (Å²) in [6.07, 6.45) is 4.23. The van der Waals surface area contributed by atoms with Crippen LogP contribution in [-0.4, -0.2) is 42.6 Å². The Bertz CT molecular complexity index is 1170. The number of hydrogen-bond donors (Lipinski definition) is 4. The van der Waals surface area contributed by atoms with Crippen molar-refractivity contribution in [2.24, 2.45) is 0 Å². The minimum absolute atomic E-state index is 0.0587. The van der Waals surface area contributed by atoms with E-state index in [1.54, 1.807) is 36.7 Å². The molecule has 0 spiro atoms. The summed E-state index contributed by atoms with van der Waals surface area (Å²) >= 11 is 0. The first-order valence-electron chi connectivity index (χ1n) is 9.67. The quantitative estimate of drug-likeness (QED) is 0.391. The zero-order chi connectivity index (χ0) is 21.7. The minimum Gasteiger partial charge on any atom is -0.367 e. The lowest BCUT2D eigenvalue weighted by molar-refractivity contribution is -0.116. The van der Waals surface area contributed by atoms with E-state index in [-0.39, 0.29) is 17.3 Å². The van der Waals surface area contributed by atoms with Crippen LogP contribution in [0.1, 0.15) is 12.0 Å². The Morgan fingerprint density at radius 2 is 1.71 bits per heavy atom. The summed E-state index contributed by atoms with van der Waals surface area (Å²) in [6.45, 7) is 0.515. The van der Waals surface area contributed by atoms with E-state index in [4.69, 9.17) is 0 Å². The summed E-state index contributed by atoms with van der Waals surface area (Å²) < 4.78 is 27.7. The van der Waals surface area contributed by atoms with Crippen LogP contribution in [-0.2, 0) is 21.2 Å². The standard InChI is InChI=1S/C20H21N7O3S/c28-20-6-1-14-13-16(2-3-17(14)25-20)31(29,30)23-12-11-22-18-4-5-19(27-26-18)24-15-7-9-21-10-8-15/h2-5,7-10,13,23H,1,6,11-12H2,(H,22,26)(H,25,28)(H,21,24,27). The molecule has 0 unspecified atom stereocenters. The molecule has 1 aliphatic rings. The third-order valence-electron chi connectivity index (χ3n) is 4.62. The molecule has 3 heterocycles. The molecule has 1 aromatic carbocycles. The molecular formula is C20H21N7O3S. The summed E-state index contributed by atoms with van der Waals surface area (Å²) in [4.78, 5) is 15.6. The minimum atomic E-state index is -3.66. The zero-order valence-corrected chi connectivity index (χ0v) is 17.3. The lowest BCUT2D eigenvalue weighted by Crippen LogP contribution is -2.29. The Kier molecular flexibility index (Phi) is 6.05. The van der Waals surface area contributed by atoms with Gasteiger partial charge in [0.15, 0.2) is 5.82 Å². The molecule has 10 nitrogen and oxygen atoms in total. The van der Waals surface area contributed by atoms with Gasteiger partial charge in [-0.1, -0.05) is 0 Å². The van der Waals surface area contributed by atoms with E-state index < -0.39 is 10.0 Å². The third kappa shape index (κ3) is 5.32. The van der Waals surface area contributed by atoms with Gasteiger partial charge in [0.05, 0.1) is 4.90 Å². The smallest absolute Gasteiger partial charge is 0.240 e. The first-order chi connectivity index (χ1) is 15.0. The molecule has 4 N–H and O–H groups in total. The van der Waals surface area contributed by atoms with Gasteiger partial charge < -0.3 is 16.0 Å². The van der Waals surface area contributed by atoms with Crippen LogP contribution >= 0.6 is 0 Å². The van der Waals surface area contributed by atoms with E-state index in [9.17, 15) is 13.2 Å². The summed E-state index contributed by atoms with van der Waals surface area (Å²) in [5, 5.41) is 17.0. The fraction of sp³-hybridized carbons (Fsp3) is 0.200. The highest BCUT2D eigenvalue weighted by Crippen LogP contribution is 2.25. The summed E-state index contributed by atoms with van der Waals surface area (Å²) in [7, 11) is -3.66. The molecule has 0 atom stereocenters. The van der Waals surface area contributed by atoms with Crippen molar-refractivity contribution in [3.63, 3.8) is 0 Å². The van der Waals surface area contributed by atoms with Crippen LogP contribution in [0.5, 0.6) is 0 Å². The molecule has 1 aliphatic heterocycles. The monoisotopic (exact) mass is 439 g/mol. The molecule has 3 aromatic rings. The molecule has 2 aromatic heterocycles. The van der Waals surface area contributed by atoms with Gasteiger partial charge in [-0.2, -0.15) is 0 Å². The number of anilines is 4.